The molecule has 0 spiro atoms. The van der Waals surface area contributed by atoms with Gasteiger partial charge in [-0.3, -0.25) is 4.79 Å². The highest BCUT2D eigenvalue weighted by atomic mass is 19.1. The van der Waals surface area contributed by atoms with Crippen LogP contribution in [0.5, 0.6) is 0 Å². The molecular weight excluding hydrogens is 302 g/mol. The van der Waals surface area contributed by atoms with Crippen LogP contribution in [-0.2, 0) is 0 Å². The van der Waals surface area contributed by atoms with E-state index in [1.54, 1.807) is 12.3 Å². The van der Waals surface area contributed by atoms with Crippen molar-refractivity contribution in [1.82, 2.24) is 10.3 Å². The van der Waals surface area contributed by atoms with E-state index in [2.05, 4.69) is 20.5 Å². The van der Waals surface area contributed by atoms with Crippen molar-refractivity contribution in [2.45, 2.75) is 0 Å². The standard InChI is InChI=1S/C16H16F2N4O/c17-11-1-3-13(14(18)9-11)16(23)21-15-4-2-12(10-20-15)22-7-5-19-6-8-22/h1-4,9-10,19H,5-8H2,(H,20,21,23). The minimum Gasteiger partial charge on any atom is -0.368 e. The Hall–Kier alpha value is -2.54. The second-order valence-corrected chi connectivity index (χ2v) is 5.22. The second kappa shape index (κ2) is 6.70. The Bertz CT molecular complexity index is 700. The first-order valence-corrected chi connectivity index (χ1v) is 7.31. The molecule has 0 atom stereocenters. The fourth-order valence-electron chi connectivity index (χ4n) is 2.43. The molecule has 2 N–H and O–H groups in total. The summed E-state index contributed by atoms with van der Waals surface area (Å²) in [5.41, 5.74) is 0.747. The number of rotatable bonds is 3. The van der Waals surface area contributed by atoms with E-state index in [1.165, 1.54) is 0 Å². The average molecular weight is 318 g/mol. The van der Waals surface area contributed by atoms with Gasteiger partial charge in [-0.1, -0.05) is 0 Å². The molecule has 1 saturated heterocycles. The lowest BCUT2D eigenvalue weighted by Gasteiger charge is -2.29. The number of amides is 1. The quantitative estimate of drug-likeness (QED) is 0.909. The lowest BCUT2D eigenvalue weighted by Crippen LogP contribution is -2.43. The summed E-state index contributed by atoms with van der Waals surface area (Å²) in [6.07, 6.45) is 1.67. The molecule has 2 aromatic rings. The maximum Gasteiger partial charge on any atom is 0.259 e. The van der Waals surface area contributed by atoms with Gasteiger partial charge in [0, 0.05) is 32.2 Å². The minimum atomic E-state index is -0.903. The van der Waals surface area contributed by atoms with Crippen LogP contribution in [0.25, 0.3) is 0 Å². The molecule has 1 aromatic heterocycles. The van der Waals surface area contributed by atoms with E-state index in [9.17, 15) is 13.6 Å². The van der Waals surface area contributed by atoms with Crippen molar-refractivity contribution in [3.05, 3.63) is 53.7 Å². The summed E-state index contributed by atoms with van der Waals surface area (Å²) in [6.45, 7) is 3.63. The summed E-state index contributed by atoms with van der Waals surface area (Å²) in [5.74, 6) is -1.97. The minimum absolute atomic E-state index is 0.223. The van der Waals surface area contributed by atoms with Gasteiger partial charge in [0.25, 0.3) is 5.91 Å². The van der Waals surface area contributed by atoms with Gasteiger partial charge in [-0.25, -0.2) is 13.8 Å². The summed E-state index contributed by atoms with van der Waals surface area (Å²) in [6, 6.07) is 6.34. The third kappa shape index (κ3) is 3.62. The molecule has 1 aromatic carbocycles. The Labute approximate surface area is 132 Å². The number of carbonyl (C=O) groups is 1. The number of nitrogens with zero attached hydrogens (tertiary/aromatic N) is 2. The first-order valence-electron chi connectivity index (χ1n) is 7.31. The predicted octanol–water partition coefficient (Wildman–Crippen LogP) is 2.02. The zero-order valence-electron chi connectivity index (χ0n) is 12.4. The zero-order valence-corrected chi connectivity index (χ0v) is 12.4. The fraction of sp³-hybridized carbons (Fsp3) is 0.250. The van der Waals surface area contributed by atoms with Crippen LogP contribution < -0.4 is 15.5 Å². The van der Waals surface area contributed by atoms with Crippen molar-refractivity contribution >= 4 is 17.4 Å². The number of benzene rings is 1. The van der Waals surface area contributed by atoms with Crippen LogP contribution >= 0.6 is 0 Å². The number of piperazine rings is 1. The van der Waals surface area contributed by atoms with E-state index in [0.29, 0.717) is 11.9 Å². The van der Waals surface area contributed by atoms with Crippen LogP contribution in [0.1, 0.15) is 10.4 Å². The molecule has 5 nitrogen and oxygen atoms in total. The molecule has 0 radical (unpaired) electrons. The highest BCUT2D eigenvalue weighted by Gasteiger charge is 2.14. The van der Waals surface area contributed by atoms with Gasteiger partial charge in [0.15, 0.2) is 0 Å². The number of pyridine rings is 1. The first kappa shape index (κ1) is 15.4. The number of aromatic nitrogens is 1. The smallest absolute Gasteiger partial charge is 0.259 e. The highest BCUT2D eigenvalue weighted by molar-refractivity contribution is 6.03. The highest BCUT2D eigenvalue weighted by Crippen LogP contribution is 2.17. The largest absolute Gasteiger partial charge is 0.368 e. The molecule has 1 aliphatic rings. The van der Waals surface area contributed by atoms with Gasteiger partial charge in [0.2, 0.25) is 0 Å². The third-order valence-electron chi connectivity index (χ3n) is 3.65. The molecule has 23 heavy (non-hydrogen) atoms. The normalized spacial score (nSPS) is 14.6. The molecule has 3 rings (SSSR count). The number of hydrogen-bond donors (Lipinski definition) is 2. The molecule has 0 aliphatic carbocycles. The Balaban J connectivity index is 1.69. The molecule has 7 heteroatoms. The monoisotopic (exact) mass is 318 g/mol. The summed E-state index contributed by atoms with van der Waals surface area (Å²) in [7, 11) is 0. The molecule has 1 fully saturated rings. The average Bonchev–Trinajstić information content (AvgIpc) is 2.56. The fourth-order valence-corrected chi connectivity index (χ4v) is 2.43. The van der Waals surface area contributed by atoms with E-state index in [1.807, 2.05) is 6.07 Å². The van der Waals surface area contributed by atoms with E-state index < -0.39 is 17.5 Å². The summed E-state index contributed by atoms with van der Waals surface area (Å²) in [4.78, 5) is 18.4. The van der Waals surface area contributed by atoms with E-state index in [4.69, 9.17) is 0 Å². The molecule has 0 saturated carbocycles. The van der Waals surface area contributed by atoms with Gasteiger partial charge in [-0.2, -0.15) is 0 Å². The summed E-state index contributed by atoms with van der Waals surface area (Å²) < 4.78 is 26.4. The number of hydrogen-bond acceptors (Lipinski definition) is 4. The van der Waals surface area contributed by atoms with E-state index in [0.717, 1.165) is 44.0 Å². The Morgan fingerprint density at radius 2 is 1.96 bits per heavy atom. The predicted molar refractivity (Wildman–Crippen MR) is 83.6 cm³/mol. The van der Waals surface area contributed by atoms with Crippen molar-refractivity contribution in [1.29, 1.82) is 0 Å². The molecule has 2 heterocycles. The Morgan fingerprint density at radius 1 is 1.17 bits per heavy atom. The number of carbonyl (C=O) groups excluding carboxylic acids is 1. The van der Waals surface area contributed by atoms with Crippen molar-refractivity contribution < 1.29 is 13.6 Å². The van der Waals surface area contributed by atoms with Crippen molar-refractivity contribution in [3.8, 4) is 0 Å². The van der Waals surface area contributed by atoms with E-state index >= 15 is 0 Å². The van der Waals surface area contributed by atoms with Gasteiger partial charge in [-0.05, 0) is 24.3 Å². The van der Waals surface area contributed by atoms with Crippen LogP contribution in [-0.4, -0.2) is 37.1 Å². The Kier molecular flexibility index (Phi) is 4.47. The maximum atomic E-state index is 13.6. The molecular formula is C16H16F2N4O. The lowest BCUT2D eigenvalue weighted by molar-refractivity contribution is 0.102. The topological polar surface area (TPSA) is 57.3 Å². The second-order valence-electron chi connectivity index (χ2n) is 5.22. The van der Waals surface area contributed by atoms with E-state index in [-0.39, 0.29) is 5.56 Å². The first-order chi connectivity index (χ1) is 11.1. The Morgan fingerprint density at radius 3 is 2.61 bits per heavy atom. The van der Waals surface area contributed by atoms with Crippen molar-refractivity contribution in [2.75, 3.05) is 36.4 Å². The third-order valence-corrected chi connectivity index (χ3v) is 3.65. The van der Waals surface area contributed by atoms with Gasteiger partial charge in [0.05, 0.1) is 17.4 Å². The molecule has 1 aliphatic heterocycles. The molecule has 1 amide bonds. The van der Waals surface area contributed by atoms with Crippen LogP contribution in [0.15, 0.2) is 36.5 Å². The van der Waals surface area contributed by atoms with Crippen molar-refractivity contribution in [3.63, 3.8) is 0 Å². The van der Waals surface area contributed by atoms with Gasteiger partial charge in [0.1, 0.15) is 17.5 Å². The number of halogens is 2. The van der Waals surface area contributed by atoms with Crippen LogP contribution in [0.2, 0.25) is 0 Å². The van der Waals surface area contributed by atoms with Gasteiger partial charge in [-0.15, -0.1) is 0 Å². The molecule has 0 bridgehead atoms. The number of anilines is 2. The molecule has 0 unspecified atom stereocenters. The van der Waals surface area contributed by atoms with Crippen molar-refractivity contribution in [2.24, 2.45) is 0 Å². The summed E-state index contributed by atoms with van der Waals surface area (Å²) in [5, 5.41) is 5.77. The van der Waals surface area contributed by atoms with Gasteiger partial charge >= 0.3 is 0 Å². The lowest BCUT2D eigenvalue weighted by atomic mass is 10.2. The van der Waals surface area contributed by atoms with Crippen LogP contribution in [0, 0.1) is 11.6 Å². The van der Waals surface area contributed by atoms with Crippen LogP contribution in [0.4, 0.5) is 20.3 Å². The number of nitrogens with one attached hydrogen (secondary N) is 2. The van der Waals surface area contributed by atoms with Gasteiger partial charge < -0.3 is 15.5 Å². The maximum absolute atomic E-state index is 13.6. The molecule has 120 valence electrons. The zero-order chi connectivity index (χ0) is 16.2. The summed E-state index contributed by atoms with van der Waals surface area (Å²) >= 11 is 0. The SMILES string of the molecule is O=C(Nc1ccc(N2CCNCC2)cn1)c1ccc(F)cc1F. The van der Waals surface area contributed by atoms with Crippen LogP contribution in [0.3, 0.4) is 0 Å².